The van der Waals surface area contributed by atoms with E-state index >= 15 is 0 Å². The van der Waals surface area contributed by atoms with E-state index in [1.807, 2.05) is 25.1 Å². The summed E-state index contributed by atoms with van der Waals surface area (Å²) < 4.78 is 5.79. The molecule has 112 valence electrons. The first-order valence-electron chi connectivity index (χ1n) is 6.21. The molecule has 2 N–H and O–H groups in total. The Morgan fingerprint density at radius 3 is 2.91 bits per heavy atom. The normalized spacial score (nSPS) is 10.6. The molecule has 0 unspecified atom stereocenters. The van der Waals surface area contributed by atoms with Crippen molar-refractivity contribution in [2.75, 3.05) is 5.43 Å². The minimum absolute atomic E-state index is 0.156. The number of amides is 1. The third-order valence-electron chi connectivity index (χ3n) is 2.82. The van der Waals surface area contributed by atoms with Gasteiger partial charge in [0.1, 0.15) is 4.92 Å². The van der Waals surface area contributed by atoms with Gasteiger partial charge in [-0.25, -0.2) is 4.98 Å². The number of nitro groups is 1. The second-order valence-electron chi connectivity index (χ2n) is 4.46. The molecule has 2 heterocycles. The Morgan fingerprint density at radius 2 is 2.18 bits per heavy atom. The largest absolute Gasteiger partial charge is 0.433 e. The van der Waals surface area contributed by atoms with Gasteiger partial charge in [0.05, 0.1) is 16.3 Å². The molecule has 0 radical (unpaired) electrons. The van der Waals surface area contributed by atoms with Crippen molar-refractivity contribution < 1.29 is 14.1 Å². The molecule has 8 nitrogen and oxygen atoms in total. The number of anilines is 1. The minimum Gasteiger partial charge on any atom is -0.395 e. The summed E-state index contributed by atoms with van der Waals surface area (Å²) in [6.07, 6.45) is 0. The molecule has 0 saturated carbocycles. The van der Waals surface area contributed by atoms with Crippen molar-refractivity contribution >= 4 is 38.5 Å². The van der Waals surface area contributed by atoms with Gasteiger partial charge in [0.2, 0.25) is 10.9 Å². The number of carbonyl (C=O) groups excluding carboxylic acids is 1. The Bertz CT molecular complexity index is 870. The number of carbonyl (C=O) groups is 1. The number of nitrogens with zero attached hydrogens (tertiary/aromatic N) is 2. The summed E-state index contributed by atoms with van der Waals surface area (Å²) in [5, 5.41) is 11.0. The summed E-state index contributed by atoms with van der Waals surface area (Å²) in [6, 6.07) is 8.19. The lowest BCUT2D eigenvalue weighted by Gasteiger charge is -2.02. The highest BCUT2D eigenvalue weighted by Gasteiger charge is 2.17. The standard InChI is InChI=1S/C13H10N4O4S/c1-7-2-3-8-10(6-7)22-13(14-8)16-15-12(18)9-4-5-11(21-9)17(19)20/h2-6H,1H3,(H,14,16)(H,15,18). The highest BCUT2D eigenvalue weighted by atomic mass is 32.1. The molecular weight excluding hydrogens is 308 g/mol. The van der Waals surface area contributed by atoms with Gasteiger partial charge in [0.15, 0.2) is 0 Å². The Kier molecular flexibility index (Phi) is 3.47. The maximum atomic E-state index is 11.8. The fraction of sp³-hybridized carbons (Fsp3) is 0.0769. The number of fused-ring (bicyclic) bond motifs is 1. The summed E-state index contributed by atoms with van der Waals surface area (Å²) in [4.78, 5) is 25.9. The van der Waals surface area contributed by atoms with Gasteiger partial charge in [-0.1, -0.05) is 17.4 Å². The summed E-state index contributed by atoms with van der Waals surface area (Å²) in [7, 11) is 0. The van der Waals surface area contributed by atoms with Gasteiger partial charge < -0.3 is 4.42 Å². The van der Waals surface area contributed by atoms with Crippen molar-refractivity contribution in [3.05, 3.63) is 51.8 Å². The van der Waals surface area contributed by atoms with Gasteiger partial charge in [-0.15, -0.1) is 0 Å². The van der Waals surface area contributed by atoms with Crippen LogP contribution < -0.4 is 10.9 Å². The number of hydrazine groups is 1. The smallest absolute Gasteiger partial charge is 0.395 e. The zero-order chi connectivity index (χ0) is 15.7. The van der Waals surface area contributed by atoms with Crippen LogP contribution in [-0.2, 0) is 0 Å². The molecule has 0 saturated heterocycles. The number of furan rings is 1. The fourth-order valence-corrected chi connectivity index (χ4v) is 2.72. The van der Waals surface area contributed by atoms with Crippen LogP contribution in [0.25, 0.3) is 10.2 Å². The van der Waals surface area contributed by atoms with E-state index in [0.29, 0.717) is 5.13 Å². The van der Waals surface area contributed by atoms with Crippen molar-refractivity contribution in [2.45, 2.75) is 6.92 Å². The first-order chi connectivity index (χ1) is 10.5. The first kappa shape index (κ1) is 14.0. The summed E-state index contributed by atoms with van der Waals surface area (Å²) in [5.41, 5.74) is 6.99. The number of thiazole rings is 1. The number of aromatic nitrogens is 1. The van der Waals surface area contributed by atoms with Crippen LogP contribution in [0.5, 0.6) is 0 Å². The molecule has 2 aromatic heterocycles. The average Bonchev–Trinajstić information content (AvgIpc) is 3.10. The molecule has 1 amide bonds. The van der Waals surface area contributed by atoms with E-state index in [1.165, 1.54) is 17.4 Å². The maximum absolute atomic E-state index is 11.8. The van der Waals surface area contributed by atoms with Crippen LogP contribution in [0.3, 0.4) is 0 Å². The second-order valence-corrected chi connectivity index (χ2v) is 5.49. The van der Waals surface area contributed by atoms with Crippen molar-refractivity contribution in [2.24, 2.45) is 0 Å². The van der Waals surface area contributed by atoms with Crippen LogP contribution in [-0.4, -0.2) is 15.8 Å². The molecule has 0 spiro atoms. The third-order valence-corrected chi connectivity index (χ3v) is 3.76. The van der Waals surface area contributed by atoms with Crippen LogP contribution in [0.2, 0.25) is 0 Å². The number of rotatable bonds is 4. The molecule has 0 bridgehead atoms. The molecule has 1 aromatic carbocycles. The highest BCUT2D eigenvalue weighted by Crippen LogP contribution is 2.26. The predicted octanol–water partition coefficient (Wildman–Crippen LogP) is 2.86. The maximum Gasteiger partial charge on any atom is 0.433 e. The molecule has 0 fully saturated rings. The number of hydrogen-bond acceptors (Lipinski definition) is 7. The van der Waals surface area contributed by atoms with Gasteiger partial charge in [0, 0.05) is 0 Å². The van der Waals surface area contributed by atoms with Gasteiger partial charge in [-0.3, -0.25) is 25.8 Å². The van der Waals surface area contributed by atoms with Crippen LogP contribution in [0.15, 0.2) is 34.7 Å². The molecule has 0 aliphatic rings. The molecule has 22 heavy (non-hydrogen) atoms. The second kappa shape index (κ2) is 5.45. The minimum atomic E-state index is -0.708. The third kappa shape index (κ3) is 2.74. The Balaban J connectivity index is 1.70. The van der Waals surface area contributed by atoms with Crippen LogP contribution >= 0.6 is 11.3 Å². The zero-order valence-electron chi connectivity index (χ0n) is 11.3. The lowest BCUT2D eigenvalue weighted by molar-refractivity contribution is -0.402. The van der Waals surface area contributed by atoms with E-state index in [-0.39, 0.29) is 5.76 Å². The van der Waals surface area contributed by atoms with Gasteiger partial charge in [0.25, 0.3) is 0 Å². The summed E-state index contributed by atoms with van der Waals surface area (Å²) in [6.45, 7) is 1.98. The van der Waals surface area contributed by atoms with E-state index in [1.54, 1.807) is 0 Å². The van der Waals surface area contributed by atoms with E-state index in [2.05, 4.69) is 15.8 Å². The zero-order valence-corrected chi connectivity index (χ0v) is 12.1. The number of hydrogen-bond donors (Lipinski definition) is 2. The average molecular weight is 318 g/mol. The van der Waals surface area contributed by atoms with Crippen LogP contribution in [0.1, 0.15) is 16.1 Å². The van der Waals surface area contributed by atoms with Crippen LogP contribution in [0, 0.1) is 17.0 Å². The predicted molar refractivity (Wildman–Crippen MR) is 80.8 cm³/mol. The van der Waals surface area contributed by atoms with Crippen molar-refractivity contribution in [3.63, 3.8) is 0 Å². The van der Waals surface area contributed by atoms with E-state index in [9.17, 15) is 14.9 Å². The monoisotopic (exact) mass is 318 g/mol. The first-order valence-corrected chi connectivity index (χ1v) is 7.02. The lowest BCUT2D eigenvalue weighted by atomic mass is 10.2. The molecule has 3 rings (SSSR count). The lowest BCUT2D eigenvalue weighted by Crippen LogP contribution is -2.28. The number of aryl methyl sites for hydroxylation is 1. The highest BCUT2D eigenvalue weighted by molar-refractivity contribution is 7.22. The molecule has 0 aliphatic heterocycles. The van der Waals surface area contributed by atoms with Gasteiger partial charge in [-0.05, 0) is 30.7 Å². The van der Waals surface area contributed by atoms with E-state index < -0.39 is 16.7 Å². The van der Waals surface area contributed by atoms with Gasteiger partial charge >= 0.3 is 11.8 Å². The molecule has 9 heteroatoms. The number of nitrogens with one attached hydrogen (secondary N) is 2. The molecule has 3 aromatic rings. The van der Waals surface area contributed by atoms with E-state index in [0.717, 1.165) is 21.8 Å². The molecule has 0 atom stereocenters. The van der Waals surface area contributed by atoms with Crippen LogP contribution in [0.4, 0.5) is 11.0 Å². The Labute approximate surface area is 127 Å². The summed E-state index contributed by atoms with van der Waals surface area (Å²) in [5.74, 6) is -1.26. The topological polar surface area (TPSA) is 110 Å². The molecular formula is C13H10N4O4S. The van der Waals surface area contributed by atoms with Crippen molar-refractivity contribution in [1.82, 2.24) is 10.4 Å². The summed E-state index contributed by atoms with van der Waals surface area (Å²) >= 11 is 1.38. The Hall–Kier alpha value is -2.94. The van der Waals surface area contributed by atoms with Gasteiger partial charge in [-0.2, -0.15) is 0 Å². The fourth-order valence-electron chi connectivity index (χ4n) is 1.80. The SMILES string of the molecule is Cc1ccc2nc(NNC(=O)c3ccc([N+](=O)[O-])o3)sc2c1. The van der Waals surface area contributed by atoms with Crippen molar-refractivity contribution in [1.29, 1.82) is 0 Å². The Morgan fingerprint density at radius 1 is 1.36 bits per heavy atom. The quantitative estimate of drug-likeness (QED) is 0.565. The van der Waals surface area contributed by atoms with Crippen molar-refractivity contribution in [3.8, 4) is 0 Å². The molecule has 0 aliphatic carbocycles. The van der Waals surface area contributed by atoms with E-state index in [4.69, 9.17) is 4.42 Å². The number of benzene rings is 1.